The summed E-state index contributed by atoms with van der Waals surface area (Å²) in [4.78, 5) is 0. The van der Waals surface area contributed by atoms with Crippen molar-refractivity contribution in [3.05, 3.63) is 170 Å². The van der Waals surface area contributed by atoms with Gasteiger partial charge in [0.15, 0.2) is 0 Å². The molecular formula is C48H28N2S2. The van der Waals surface area contributed by atoms with Gasteiger partial charge < -0.3 is 9.13 Å². The fourth-order valence-electron chi connectivity index (χ4n) is 8.56. The largest absolute Gasteiger partial charge is 0.309 e. The Bertz CT molecular complexity index is 3410. The van der Waals surface area contributed by atoms with Crippen LogP contribution in [-0.2, 0) is 0 Å². The Morgan fingerprint density at radius 1 is 0.269 bits per heavy atom. The topological polar surface area (TPSA) is 9.86 Å². The molecule has 4 heterocycles. The maximum atomic E-state index is 2.45. The lowest BCUT2D eigenvalue weighted by Crippen LogP contribution is -1.93. The summed E-state index contributed by atoms with van der Waals surface area (Å²) < 4.78 is 10.2. The minimum Gasteiger partial charge on any atom is -0.309 e. The summed E-state index contributed by atoms with van der Waals surface area (Å²) in [5.74, 6) is 0. The van der Waals surface area contributed by atoms with Gasteiger partial charge >= 0.3 is 0 Å². The van der Waals surface area contributed by atoms with Crippen molar-refractivity contribution < 1.29 is 0 Å². The molecule has 0 aliphatic carbocycles. The quantitative estimate of drug-likeness (QED) is 0.174. The molecular weight excluding hydrogens is 669 g/mol. The summed E-state index contributed by atoms with van der Waals surface area (Å²) in [5.41, 5.74) is 9.70. The van der Waals surface area contributed by atoms with E-state index in [1.54, 1.807) is 0 Å². The third-order valence-corrected chi connectivity index (χ3v) is 13.2. The first kappa shape index (κ1) is 28.5. The van der Waals surface area contributed by atoms with Gasteiger partial charge in [0.05, 0.1) is 22.1 Å². The lowest BCUT2D eigenvalue weighted by atomic mass is 10.0. The molecule has 0 bridgehead atoms. The molecule has 0 aliphatic heterocycles. The molecule has 4 heteroatoms. The molecule has 12 aromatic rings. The highest BCUT2D eigenvalue weighted by molar-refractivity contribution is 7.28. The van der Waals surface area contributed by atoms with E-state index < -0.39 is 0 Å². The first-order valence-electron chi connectivity index (χ1n) is 17.7. The van der Waals surface area contributed by atoms with Crippen molar-refractivity contribution in [3.63, 3.8) is 0 Å². The van der Waals surface area contributed by atoms with Crippen LogP contribution >= 0.6 is 22.7 Å². The monoisotopic (exact) mass is 696 g/mol. The summed E-state index contributed by atoms with van der Waals surface area (Å²) in [6.45, 7) is 0. The van der Waals surface area contributed by atoms with Gasteiger partial charge in [-0.1, -0.05) is 84.9 Å². The zero-order valence-electron chi connectivity index (χ0n) is 27.9. The van der Waals surface area contributed by atoms with Crippen LogP contribution in [0.15, 0.2) is 170 Å². The van der Waals surface area contributed by atoms with Crippen LogP contribution in [-0.4, -0.2) is 9.13 Å². The van der Waals surface area contributed by atoms with Crippen LogP contribution < -0.4 is 0 Å². The highest BCUT2D eigenvalue weighted by Gasteiger charge is 2.17. The molecule has 0 aliphatic rings. The molecule has 0 saturated carbocycles. The van der Waals surface area contributed by atoms with Crippen LogP contribution in [0.2, 0.25) is 0 Å². The number of benzene rings is 8. The molecule has 0 unspecified atom stereocenters. The minimum absolute atomic E-state index is 1.18. The standard InChI is InChI=1S/C48H28N2S2/c1-2-10-31(11-3-1)49-41-15-7-4-12-33(41)36-24-29(18-21-43(36)49)30-19-22-44-37(25-30)34-13-5-8-16-42(34)50(44)32-20-23-46-38(26-32)40-27-39-35-14-6-9-17-45(35)51-47(39)28-48(40)52-46/h1-28H. The minimum atomic E-state index is 1.18. The van der Waals surface area contributed by atoms with E-state index in [4.69, 9.17) is 0 Å². The Labute approximate surface area is 306 Å². The third-order valence-electron chi connectivity index (χ3n) is 10.9. The molecule has 242 valence electrons. The van der Waals surface area contributed by atoms with Crippen molar-refractivity contribution in [2.45, 2.75) is 0 Å². The molecule has 0 atom stereocenters. The van der Waals surface area contributed by atoms with Gasteiger partial charge in [-0.2, -0.15) is 0 Å². The van der Waals surface area contributed by atoms with Crippen LogP contribution in [0.4, 0.5) is 0 Å². The van der Waals surface area contributed by atoms with Crippen LogP contribution in [0.1, 0.15) is 0 Å². The average Bonchev–Trinajstić information content (AvgIpc) is 3.94. The van der Waals surface area contributed by atoms with Gasteiger partial charge in [0.1, 0.15) is 0 Å². The molecule has 8 aromatic carbocycles. The molecule has 0 N–H and O–H groups in total. The van der Waals surface area contributed by atoms with Crippen molar-refractivity contribution in [1.82, 2.24) is 9.13 Å². The van der Waals surface area contributed by atoms with Gasteiger partial charge in [0.2, 0.25) is 0 Å². The lowest BCUT2D eigenvalue weighted by Gasteiger charge is -2.10. The molecule has 0 spiro atoms. The van der Waals surface area contributed by atoms with Gasteiger partial charge in [-0.05, 0) is 96.1 Å². The lowest BCUT2D eigenvalue weighted by molar-refractivity contribution is 1.18. The van der Waals surface area contributed by atoms with E-state index in [9.17, 15) is 0 Å². The van der Waals surface area contributed by atoms with Crippen molar-refractivity contribution in [3.8, 4) is 22.5 Å². The number of rotatable bonds is 3. The number of thiophene rings is 2. The second kappa shape index (κ2) is 10.7. The smallest absolute Gasteiger partial charge is 0.0541 e. The number of aromatic nitrogens is 2. The fourth-order valence-corrected chi connectivity index (χ4v) is 10.9. The van der Waals surface area contributed by atoms with E-state index in [0.29, 0.717) is 0 Å². The second-order valence-electron chi connectivity index (χ2n) is 13.7. The van der Waals surface area contributed by atoms with E-state index in [1.807, 2.05) is 22.7 Å². The van der Waals surface area contributed by atoms with E-state index in [-0.39, 0.29) is 0 Å². The van der Waals surface area contributed by atoms with Gasteiger partial charge in [0, 0.05) is 73.3 Å². The van der Waals surface area contributed by atoms with Crippen LogP contribution in [0, 0.1) is 0 Å². The first-order chi connectivity index (χ1) is 25.8. The van der Waals surface area contributed by atoms with Crippen LogP contribution in [0.25, 0.3) is 106 Å². The Kier molecular flexibility index (Phi) is 5.84. The van der Waals surface area contributed by atoms with Crippen molar-refractivity contribution >= 4 is 107 Å². The molecule has 0 saturated heterocycles. The zero-order valence-corrected chi connectivity index (χ0v) is 29.5. The fraction of sp³-hybridized carbons (Fsp3) is 0. The summed E-state index contributed by atoms with van der Waals surface area (Å²) in [5, 5.41) is 10.4. The van der Waals surface area contributed by atoms with E-state index in [0.717, 1.165) is 0 Å². The zero-order chi connectivity index (χ0) is 33.9. The molecule has 4 aromatic heterocycles. The highest BCUT2D eigenvalue weighted by Crippen LogP contribution is 2.43. The Morgan fingerprint density at radius 2 is 0.769 bits per heavy atom. The third kappa shape index (κ3) is 3.99. The van der Waals surface area contributed by atoms with Crippen molar-refractivity contribution in [2.24, 2.45) is 0 Å². The van der Waals surface area contributed by atoms with E-state index in [2.05, 4.69) is 179 Å². The molecule has 52 heavy (non-hydrogen) atoms. The molecule has 0 fully saturated rings. The molecule has 0 radical (unpaired) electrons. The molecule has 2 nitrogen and oxygen atoms in total. The van der Waals surface area contributed by atoms with E-state index >= 15 is 0 Å². The maximum absolute atomic E-state index is 2.45. The Balaban J connectivity index is 1.04. The summed E-state index contributed by atoms with van der Waals surface area (Å²) in [6.07, 6.45) is 0. The van der Waals surface area contributed by atoms with Crippen LogP contribution in [0.5, 0.6) is 0 Å². The summed E-state index contributed by atoms with van der Waals surface area (Å²) in [6, 6.07) is 62.9. The SMILES string of the molecule is c1ccc(-n2c3ccccc3c3cc(-c4ccc5c(c4)c4ccccc4n5-c4ccc5sc6cc7sc8ccccc8c7cc6c5c4)ccc32)cc1. The maximum Gasteiger partial charge on any atom is 0.0541 e. The highest BCUT2D eigenvalue weighted by atomic mass is 32.1. The second-order valence-corrected chi connectivity index (χ2v) is 15.9. The predicted molar refractivity (Wildman–Crippen MR) is 226 cm³/mol. The predicted octanol–water partition coefficient (Wildman–Crippen LogP) is 14.3. The Morgan fingerprint density at radius 3 is 1.44 bits per heavy atom. The van der Waals surface area contributed by atoms with Gasteiger partial charge in [0.25, 0.3) is 0 Å². The van der Waals surface area contributed by atoms with Gasteiger partial charge in [-0.3, -0.25) is 0 Å². The Hall–Kier alpha value is -6.20. The van der Waals surface area contributed by atoms with Crippen molar-refractivity contribution in [1.29, 1.82) is 0 Å². The summed E-state index contributed by atoms with van der Waals surface area (Å²) >= 11 is 3.79. The van der Waals surface area contributed by atoms with Crippen molar-refractivity contribution in [2.75, 3.05) is 0 Å². The number of hydrogen-bond donors (Lipinski definition) is 0. The normalized spacial score (nSPS) is 12.2. The number of fused-ring (bicyclic) bond motifs is 12. The first-order valence-corrected chi connectivity index (χ1v) is 19.3. The van der Waals surface area contributed by atoms with Crippen LogP contribution in [0.3, 0.4) is 0 Å². The van der Waals surface area contributed by atoms with E-state index in [1.165, 1.54) is 106 Å². The number of nitrogens with zero attached hydrogens (tertiary/aromatic N) is 2. The van der Waals surface area contributed by atoms with Gasteiger partial charge in [-0.15, -0.1) is 22.7 Å². The molecule has 12 rings (SSSR count). The number of para-hydroxylation sites is 3. The summed E-state index contributed by atoms with van der Waals surface area (Å²) in [7, 11) is 0. The molecule has 0 amide bonds. The average molecular weight is 697 g/mol. The van der Waals surface area contributed by atoms with Gasteiger partial charge in [-0.25, -0.2) is 0 Å². The number of hydrogen-bond acceptors (Lipinski definition) is 2.